The summed E-state index contributed by atoms with van der Waals surface area (Å²) in [6, 6.07) is 7.27. The van der Waals surface area contributed by atoms with Gasteiger partial charge >= 0.3 is 5.97 Å². The summed E-state index contributed by atoms with van der Waals surface area (Å²) < 4.78 is 9.74. The van der Waals surface area contributed by atoms with Gasteiger partial charge in [0, 0.05) is 5.02 Å². The minimum atomic E-state index is -0.460. The van der Waals surface area contributed by atoms with Gasteiger partial charge in [-0.1, -0.05) is 23.7 Å². The van der Waals surface area contributed by atoms with Gasteiger partial charge in [0.25, 0.3) is 0 Å². The Kier molecular flexibility index (Phi) is 2.44. The highest BCUT2D eigenvalue weighted by atomic mass is 35.5. The Bertz CT molecular complexity index is 364. The van der Waals surface area contributed by atoms with Crippen LogP contribution in [0.5, 0.6) is 0 Å². The molecule has 0 saturated carbocycles. The fourth-order valence-corrected chi connectivity index (χ4v) is 1.54. The molecule has 0 N–H and O–H groups in total. The standard InChI is InChI=1S/C10H9ClO3/c1-13-10(12)9-8(14-9)6-3-2-4-7(11)5-6/h2-5,8-9H,1H3/t8-,9+/m0/s1. The number of epoxide rings is 1. The Morgan fingerprint density at radius 3 is 3.00 bits per heavy atom. The Morgan fingerprint density at radius 2 is 2.36 bits per heavy atom. The summed E-state index contributed by atoms with van der Waals surface area (Å²) >= 11 is 5.81. The lowest BCUT2D eigenvalue weighted by Crippen LogP contribution is -2.09. The van der Waals surface area contributed by atoms with Crippen molar-refractivity contribution in [3.63, 3.8) is 0 Å². The first-order valence-corrected chi connectivity index (χ1v) is 4.59. The number of carbonyl (C=O) groups is 1. The summed E-state index contributed by atoms with van der Waals surface area (Å²) in [5, 5.41) is 0.640. The Morgan fingerprint density at radius 1 is 1.57 bits per heavy atom. The number of rotatable bonds is 2. The lowest BCUT2D eigenvalue weighted by molar-refractivity contribution is -0.142. The zero-order valence-corrected chi connectivity index (χ0v) is 8.32. The van der Waals surface area contributed by atoms with Crippen molar-refractivity contribution in [3.8, 4) is 0 Å². The maximum Gasteiger partial charge on any atom is 0.338 e. The molecule has 14 heavy (non-hydrogen) atoms. The number of ether oxygens (including phenoxy) is 2. The van der Waals surface area contributed by atoms with E-state index >= 15 is 0 Å². The van der Waals surface area contributed by atoms with Crippen molar-refractivity contribution in [2.24, 2.45) is 0 Å². The van der Waals surface area contributed by atoms with Crippen molar-refractivity contribution < 1.29 is 14.3 Å². The number of hydrogen-bond acceptors (Lipinski definition) is 3. The van der Waals surface area contributed by atoms with Gasteiger partial charge in [-0.3, -0.25) is 0 Å². The number of esters is 1. The monoisotopic (exact) mass is 212 g/mol. The number of hydrogen-bond donors (Lipinski definition) is 0. The summed E-state index contributed by atoms with van der Waals surface area (Å²) in [5.74, 6) is -0.338. The van der Waals surface area contributed by atoms with Gasteiger partial charge in [-0.15, -0.1) is 0 Å². The van der Waals surface area contributed by atoms with E-state index < -0.39 is 6.10 Å². The van der Waals surface area contributed by atoms with Crippen LogP contribution in [0.3, 0.4) is 0 Å². The van der Waals surface area contributed by atoms with Crippen LogP contribution in [0.2, 0.25) is 5.02 Å². The maximum absolute atomic E-state index is 11.1. The van der Waals surface area contributed by atoms with Gasteiger partial charge in [0.2, 0.25) is 0 Å². The molecule has 1 aromatic rings. The Balaban J connectivity index is 2.09. The van der Waals surface area contributed by atoms with Crippen LogP contribution in [0.1, 0.15) is 11.7 Å². The lowest BCUT2D eigenvalue weighted by atomic mass is 10.1. The van der Waals surface area contributed by atoms with E-state index in [1.54, 1.807) is 12.1 Å². The van der Waals surface area contributed by atoms with Crippen LogP contribution in [0.15, 0.2) is 24.3 Å². The van der Waals surface area contributed by atoms with Crippen LogP contribution >= 0.6 is 11.6 Å². The maximum atomic E-state index is 11.1. The molecule has 0 amide bonds. The number of carbonyl (C=O) groups excluding carboxylic acids is 1. The van der Waals surface area contributed by atoms with Gasteiger partial charge in [-0.05, 0) is 17.7 Å². The van der Waals surface area contributed by atoms with E-state index in [-0.39, 0.29) is 12.1 Å². The molecule has 1 heterocycles. The van der Waals surface area contributed by atoms with Crippen molar-refractivity contribution in [2.45, 2.75) is 12.2 Å². The summed E-state index contributed by atoms with van der Waals surface area (Å²) in [6.45, 7) is 0. The molecular formula is C10H9ClO3. The van der Waals surface area contributed by atoms with E-state index in [1.807, 2.05) is 12.1 Å². The molecule has 2 rings (SSSR count). The van der Waals surface area contributed by atoms with Crippen LogP contribution in [-0.2, 0) is 14.3 Å². The Labute approximate surface area is 86.6 Å². The van der Waals surface area contributed by atoms with Gasteiger partial charge in [-0.2, -0.15) is 0 Å². The molecule has 74 valence electrons. The topological polar surface area (TPSA) is 38.8 Å². The Hall–Kier alpha value is -1.06. The second-order valence-corrected chi connectivity index (χ2v) is 3.49. The SMILES string of the molecule is COC(=O)[C@@H]1O[C@H]1c1cccc(Cl)c1. The molecule has 1 saturated heterocycles. The van der Waals surface area contributed by atoms with Crippen LogP contribution in [0.4, 0.5) is 0 Å². The van der Waals surface area contributed by atoms with E-state index in [2.05, 4.69) is 4.74 Å². The zero-order valence-electron chi connectivity index (χ0n) is 7.57. The summed E-state index contributed by atoms with van der Waals surface area (Å²) in [5.41, 5.74) is 0.910. The highest BCUT2D eigenvalue weighted by molar-refractivity contribution is 6.30. The fourth-order valence-electron chi connectivity index (χ4n) is 1.34. The molecule has 0 unspecified atom stereocenters. The van der Waals surface area contributed by atoms with Crippen molar-refractivity contribution >= 4 is 17.6 Å². The third-order valence-corrected chi connectivity index (χ3v) is 2.34. The third kappa shape index (κ3) is 1.74. The predicted octanol–water partition coefficient (Wildman–Crippen LogP) is 1.95. The van der Waals surface area contributed by atoms with Gasteiger partial charge in [0.05, 0.1) is 7.11 Å². The van der Waals surface area contributed by atoms with Crippen molar-refractivity contribution in [2.75, 3.05) is 7.11 Å². The molecule has 1 fully saturated rings. The predicted molar refractivity (Wildman–Crippen MR) is 51.1 cm³/mol. The molecule has 1 aliphatic heterocycles. The van der Waals surface area contributed by atoms with Crippen LogP contribution in [0.25, 0.3) is 0 Å². The summed E-state index contributed by atoms with van der Waals surface area (Å²) in [7, 11) is 1.35. The van der Waals surface area contributed by atoms with E-state index in [0.29, 0.717) is 5.02 Å². The summed E-state index contributed by atoms with van der Waals surface area (Å²) in [4.78, 5) is 11.1. The van der Waals surface area contributed by atoms with Crippen molar-refractivity contribution in [1.29, 1.82) is 0 Å². The van der Waals surface area contributed by atoms with Gasteiger partial charge in [0.1, 0.15) is 6.10 Å². The van der Waals surface area contributed by atoms with E-state index in [1.165, 1.54) is 7.11 Å². The average Bonchev–Trinajstić information content (AvgIpc) is 2.96. The third-order valence-electron chi connectivity index (χ3n) is 2.10. The van der Waals surface area contributed by atoms with Crippen LogP contribution in [0, 0.1) is 0 Å². The fraction of sp³-hybridized carbons (Fsp3) is 0.300. The van der Waals surface area contributed by atoms with Gasteiger partial charge in [-0.25, -0.2) is 4.79 Å². The van der Waals surface area contributed by atoms with E-state index in [0.717, 1.165) is 5.56 Å². The molecular weight excluding hydrogens is 204 g/mol. The molecule has 1 aliphatic rings. The van der Waals surface area contributed by atoms with Gasteiger partial charge in [0.15, 0.2) is 6.10 Å². The zero-order chi connectivity index (χ0) is 10.1. The summed E-state index contributed by atoms with van der Waals surface area (Å²) in [6.07, 6.45) is -0.653. The van der Waals surface area contributed by atoms with Crippen LogP contribution < -0.4 is 0 Å². The van der Waals surface area contributed by atoms with E-state index in [4.69, 9.17) is 16.3 Å². The molecule has 3 nitrogen and oxygen atoms in total. The number of methoxy groups -OCH3 is 1. The molecule has 0 aromatic heterocycles. The second kappa shape index (κ2) is 3.59. The molecule has 0 radical (unpaired) electrons. The van der Waals surface area contributed by atoms with Crippen molar-refractivity contribution in [1.82, 2.24) is 0 Å². The van der Waals surface area contributed by atoms with Crippen LogP contribution in [-0.4, -0.2) is 19.2 Å². The van der Waals surface area contributed by atoms with E-state index in [9.17, 15) is 4.79 Å². The van der Waals surface area contributed by atoms with Crippen molar-refractivity contribution in [3.05, 3.63) is 34.9 Å². The molecule has 0 aliphatic carbocycles. The lowest BCUT2D eigenvalue weighted by Gasteiger charge is -1.96. The first-order valence-electron chi connectivity index (χ1n) is 4.21. The van der Waals surface area contributed by atoms with Gasteiger partial charge < -0.3 is 9.47 Å². The average molecular weight is 213 g/mol. The molecule has 2 atom stereocenters. The molecule has 0 spiro atoms. The normalized spacial score (nSPS) is 24.4. The highest BCUT2D eigenvalue weighted by Gasteiger charge is 2.47. The number of benzene rings is 1. The molecule has 1 aromatic carbocycles. The first kappa shape index (κ1) is 9.49. The quantitative estimate of drug-likeness (QED) is 0.556. The molecule has 4 heteroatoms. The first-order chi connectivity index (χ1) is 6.72. The second-order valence-electron chi connectivity index (χ2n) is 3.06. The largest absolute Gasteiger partial charge is 0.467 e. The number of halogens is 1. The minimum absolute atomic E-state index is 0.193. The highest BCUT2D eigenvalue weighted by Crippen LogP contribution is 2.39. The smallest absolute Gasteiger partial charge is 0.338 e. The molecule has 0 bridgehead atoms. The minimum Gasteiger partial charge on any atom is -0.467 e.